The lowest BCUT2D eigenvalue weighted by atomic mass is 9.98. The summed E-state index contributed by atoms with van der Waals surface area (Å²) in [5, 5.41) is 72.3. The number of aliphatic hydroxyl groups is 7. The molecule has 0 bridgehead atoms. The van der Waals surface area contributed by atoms with E-state index >= 15 is 0 Å². The molecule has 2 aliphatic heterocycles. The number of allylic oxidation sites excluding steroid dienone is 4. The third-order valence-corrected chi connectivity index (χ3v) is 13.9. The molecule has 0 aromatic rings. The van der Waals surface area contributed by atoms with Gasteiger partial charge in [0.05, 0.1) is 19.8 Å². The van der Waals surface area contributed by atoms with E-state index in [-0.39, 0.29) is 26.1 Å². The van der Waals surface area contributed by atoms with Crippen molar-refractivity contribution in [3.8, 4) is 0 Å². The predicted molar refractivity (Wildman–Crippen MR) is 280 cm³/mol. The first-order chi connectivity index (χ1) is 35.0. The average Bonchev–Trinajstić information content (AvgIpc) is 3.37. The number of unbranched alkanes of at least 4 members (excludes halogenated alkanes) is 28. The van der Waals surface area contributed by atoms with E-state index in [1.54, 1.807) is 0 Å². The molecule has 2 heterocycles. The second-order valence-corrected chi connectivity index (χ2v) is 20.5. The van der Waals surface area contributed by atoms with Crippen molar-refractivity contribution in [2.24, 2.45) is 0 Å². The van der Waals surface area contributed by atoms with Gasteiger partial charge in [0.1, 0.15) is 55.4 Å². The molecule has 2 saturated heterocycles. The first-order valence-corrected chi connectivity index (χ1v) is 28.9. The number of esters is 2. The molecule has 0 radical (unpaired) electrons. The smallest absolute Gasteiger partial charge is 0.306 e. The molecule has 0 saturated carbocycles. The van der Waals surface area contributed by atoms with Crippen LogP contribution in [0, 0.1) is 0 Å². The van der Waals surface area contributed by atoms with E-state index < -0.39 is 92.7 Å². The Morgan fingerprint density at radius 1 is 0.444 bits per heavy atom. The molecular weight excluding hydrogens is 925 g/mol. The van der Waals surface area contributed by atoms with E-state index in [0.29, 0.717) is 12.8 Å². The lowest BCUT2D eigenvalue weighted by Crippen LogP contribution is -2.61. The lowest BCUT2D eigenvalue weighted by molar-refractivity contribution is -0.332. The summed E-state index contributed by atoms with van der Waals surface area (Å²) in [4.78, 5) is 25.9. The van der Waals surface area contributed by atoms with Crippen LogP contribution < -0.4 is 0 Å². The Morgan fingerprint density at radius 3 is 1.32 bits per heavy atom. The van der Waals surface area contributed by atoms with Crippen LogP contribution in [0.3, 0.4) is 0 Å². The predicted octanol–water partition coefficient (Wildman–Crippen LogP) is 9.50. The van der Waals surface area contributed by atoms with Crippen molar-refractivity contribution in [1.29, 1.82) is 0 Å². The van der Waals surface area contributed by atoms with E-state index in [4.69, 9.17) is 28.4 Å². The molecule has 0 amide bonds. The van der Waals surface area contributed by atoms with Crippen LogP contribution >= 0.6 is 0 Å². The minimum atomic E-state index is -1.76. The third-order valence-electron chi connectivity index (χ3n) is 13.9. The second kappa shape index (κ2) is 44.1. The quantitative estimate of drug-likeness (QED) is 0.0171. The van der Waals surface area contributed by atoms with Crippen LogP contribution in [-0.2, 0) is 38.0 Å². The molecule has 0 aromatic heterocycles. The highest BCUT2D eigenvalue weighted by atomic mass is 16.7. The van der Waals surface area contributed by atoms with E-state index in [2.05, 4.69) is 38.2 Å². The SMILES string of the molecule is CCCCC/C=C/C/C=C/CCCCCCCCCC(=O)OC[C@H](CO[C@H]1O[C@@H](CO[C@H]2O[C@@H](CO)[C@@H](O)C(O)C2O)[C@@H](O)C(O)C1O)OC(=O)CCCCCCCCCCCCCCCCCCCCC. The molecule has 2 aliphatic rings. The highest BCUT2D eigenvalue weighted by Gasteiger charge is 2.47. The van der Waals surface area contributed by atoms with Crippen molar-refractivity contribution in [2.45, 2.75) is 300 Å². The van der Waals surface area contributed by atoms with E-state index in [1.165, 1.54) is 135 Å². The van der Waals surface area contributed by atoms with Gasteiger partial charge < -0.3 is 64.2 Å². The van der Waals surface area contributed by atoms with Crippen LogP contribution in [0.15, 0.2) is 24.3 Å². The van der Waals surface area contributed by atoms with Gasteiger partial charge in [-0.3, -0.25) is 9.59 Å². The topological polar surface area (TPSA) is 231 Å². The number of ether oxygens (including phenoxy) is 6. The van der Waals surface area contributed by atoms with Gasteiger partial charge in [-0.05, 0) is 44.9 Å². The molecule has 2 rings (SSSR count). The second-order valence-electron chi connectivity index (χ2n) is 20.5. The van der Waals surface area contributed by atoms with Crippen molar-refractivity contribution < 1.29 is 73.8 Å². The molecule has 15 heteroatoms. The van der Waals surface area contributed by atoms with Crippen LogP contribution in [0.5, 0.6) is 0 Å². The summed E-state index contributed by atoms with van der Waals surface area (Å²) in [6, 6.07) is 0. The maximum atomic E-state index is 13.1. The normalized spacial score (nSPS) is 25.1. The van der Waals surface area contributed by atoms with Gasteiger partial charge in [0.15, 0.2) is 18.7 Å². The van der Waals surface area contributed by atoms with Gasteiger partial charge in [-0.25, -0.2) is 0 Å². The fourth-order valence-corrected chi connectivity index (χ4v) is 9.19. The maximum absolute atomic E-state index is 13.1. The summed E-state index contributed by atoms with van der Waals surface area (Å²) >= 11 is 0. The highest BCUT2D eigenvalue weighted by molar-refractivity contribution is 5.70. The van der Waals surface area contributed by atoms with Crippen LogP contribution in [0.1, 0.15) is 232 Å². The average molecular weight is 1030 g/mol. The van der Waals surface area contributed by atoms with Gasteiger partial charge in [-0.1, -0.05) is 199 Å². The van der Waals surface area contributed by atoms with Crippen LogP contribution in [0.25, 0.3) is 0 Å². The Bertz CT molecular complexity index is 1350. The first kappa shape index (κ1) is 66.1. The summed E-state index contributed by atoms with van der Waals surface area (Å²) < 4.78 is 33.7. The number of carbonyl (C=O) groups excluding carboxylic acids is 2. The molecule has 11 atom stereocenters. The lowest BCUT2D eigenvalue weighted by Gasteiger charge is -2.42. The van der Waals surface area contributed by atoms with Crippen LogP contribution in [0.2, 0.25) is 0 Å². The standard InChI is InChI=1S/C57H104O15/c1-3-5-7-9-11-13-15-17-19-21-22-24-26-28-30-32-34-36-38-40-49(60)70-45(42-67-48(59)39-37-35-33-31-29-27-25-23-20-18-16-14-12-10-8-6-4-2)43-68-56-55(66)53(64)51(62)47(72-56)44-69-57-54(65)52(63)50(61)46(41-58)71-57/h12,14,18,20,45-47,50-58,61-66H,3-11,13,15-17,19,21-44H2,1-2H3/b14-12+,20-18+/t45-,46+,47+,50-,51-,52?,53?,54?,55?,56+,57+/m1/s1. The molecule has 4 unspecified atom stereocenters. The zero-order chi connectivity index (χ0) is 52.4. The van der Waals surface area contributed by atoms with Gasteiger partial charge in [0, 0.05) is 12.8 Å². The number of aliphatic hydroxyl groups excluding tert-OH is 7. The molecule has 0 spiro atoms. The maximum Gasteiger partial charge on any atom is 0.306 e. The number of carbonyl (C=O) groups is 2. The van der Waals surface area contributed by atoms with E-state index in [1.807, 2.05) is 0 Å². The zero-order valence-corrected chi connectivity index (χ0v) is 44.9. The minimum absolute atomic E-state index is 0.168. The summed E-state index contributed by atoms with van der Waals surface area (Å²) in [6.07, 6.45) is 30.5. The van der Waals surface area contributed by atoms with Crippen molar-refractivity contribution in [1.82, 2.24) is 0 Å². The zero-order valence-electron chi connectivity index (χ0n) is 44.9. The molecule has 7 N–H and O–H groups in total. The Hall–Kier alpha value is -2.02. The van der Waals surface area contributed by atoms with Crippen molar-refractivity contribution >= 4 is 11.9 Å². The van der Waals surface area contributed by atoms with Crippen molar-refractivity contribution in [3.05, 3.63) is 24.3 Å². The Balaban J connectivity index is 1.76. The van der Waals surface area contributed by atoms with Crippen molar-refractivity contribution in [2.75, 3.05) is 26.4 Å². The number of hydrogen-bond acceptors (Lipinski definition) is 15. The Morgan fingerprint density at radius 2 is 0.833 bits per heavy atom. The molecule has 15 nitrogen and oxygen atoms in total. The van der Waals surface area contributed by atoms with Crippen LogP contribution in [-0.4, -0.2) is 142 Å². The van der Waals surface area contributed by atoms with Gasteiger partial charge in [-0.15, -0.1) is 0 Å². The van der Waals surface area contributed by atoms with E-state index in [9.17, 15) is 45.3 Å². The molecule has 0 aromatic carbocycles. The largest absolute Gasteiger partial charge is 0.462 e. The molecule has 72 heavy (non-hydrogen) atoms. The fourth-order valence-electron chi connectivity index (χ4n) is 9.19. The van der Waals surface area contributed by atoms with Gasteiger partial charge in [0.25, 0.3) is 0 Å². The fraction of sp³-hybridized carbons (Fsp3) is 0.895. The molecule has 422 valence electrons. The number of hydrogen-bond donors (Lipinski definition) is 7. The Kier molecular flexibility index (Phi) is 40.5. The first-order valence-electron chi connectivity index (χ1n) is 28.9. The Labute approximate surface area is 434 Å². The summed E-state index contributed by atoms with van der Waals surface area (Å²) in [7, 11) is 0. The monoisotopic (exact) mass is 1030 g/mol. The molecular formula is C57H104O15. The van der Waals surface area contributed by atoms with Crippen LogP contribution in [0.4, 0.5) is 0 Å². The molecule has 0 aliphatic carbocycles. The number of rotatable bonds is 46. The minimum Gasteiger partial charge on any atom is -0.462 e. The molecule has 2 fully saturated rings. The van der Waals surface area contributed by atoms with Crippen molar-refractivity contribution in [3.63, 3.8) is 0 Å². The van der Waals surface area contributed by atoms with Gasteiger partial charge in [0.2, 0.25) is 0 Å². The summed E-state index contributed by atoms with van der Waals surface area (Å²) in [6.45, 7) is 2.60. The van der Waals surface area contributed by atoms with Gasteiger partial charge in [-0.2, -0.15) is 0 Å². The summed E-state index contributed by atoms with van der Waals surface area (Å²) in [5.41, 5.74) is 0. The summed E-state index contributed by atoms with van der Waals surface area (Å²) in [5.74, 6) is -0.922. The van der Waals surface area contributed by atoms with Gasteiger partial charge >= 0.3 is 11.9 Å². The highest BCUT2D eigenvalue weighted by Crippen LogP contribution is 2.27. The van der Waals surface area contributed by atoms with E-state index in [0.717, 1.165) is 57.8 Å². The third kappa shape index (κ3) is 31.1.